The summed E-state index contributed by atoms with van der Waals surface area (Å²) in [5.74, 6) is 1.06. The molecular formula is C54H106N2O5. The number of carbonyl (C=O) groups is 3. The number of esters is 2. The summed E-state index contributed by atoms with van der Waals surface area (Å²) in [4.78, 5) is 40.5. The Morgan fingerprint density at radius 2 is 0.902 bits per heavy atom. The standard InChI is InChI=1S/C54H106N2O5/c1-7-13-17-19-23-29-39-51(40-30-24-20-18-14-8-2)61-53(58)42-32-26-22-28-34-46-56(47-35-44-55-54(59)50(12-6)36-11-5)45-33-27-21-25-31-41-52(57)60-48-43-49(37-15-9-3)38-16-10-4/h49-51H,7-48H2,1-6H3,(H,55,59). The third-order valence-corrected chi connectivity index (χ3v) is 12.9. The van der Waals surface area contributed by atoms with Gasteiger partial charge in [0.05, 0.1) is 6.61 Å². The van der Waals surface area contributed by atoms with Crippen molar-refractivity contribution >= 4 is 17.8 Å². The third-order valence-electron chi connectivity index (χ3n) is 12.9. The zero-order chi connectivity index (χ0) is 44.9. The van der Waals surface area contributed by atoms with E-state index in [0.717, 1.165) is 110 Å². The van der Waals surface area contributed by atoms with Gasteiger partial charge in [-0.25, -0.2) is 0 Å². The Morgan fingerprint density at radius 1 is 0.443 bits per heavy atom. The third kappa shape index (κ3) is 39.7. The minimum atomic E-state index is -0.0193. The molecule has 1 amide bonds. The molecule has 7 nitrogen and oxygen atoms in total. The molecule has 0 fully saturated rings. The van der Waals surface area contributed by atoms with Crippen LogP contribution in [0.4, 0.5) is 0 Å². The molecule has 0 heterocycles. The van der Waals surface area contributed by atoms with Crippen LogP contribution in [0.3, 0.4) is 0 Å². The van der Waals surface area contributed by atoms with Crippen molar-refractivity contribution < 1.29 is 23.9 Å². The summed E-state index contributed by atoms with van der Waals surface area (Å²) in [6, 6.07) is 0. The summed E-state index contributed by atoms with van der Waals surface area (Å²) in [7, 11) is 0. The molecule has 1 N–H and O–H groups in total. The Morgan fingerprint density at radius 3 is 1.41 bits per heavy atom. The van der Waals surface area contributed by atoms with Gasteiger partial charge in [0.2, 0.25) is 5.91 Å². The zero-order valence-electron chi connectivity index (χ0n) is 41.9. The van der Waals surface area contributed by atoms with Crippen molar-refractivity contribution in [2.24, 2.45) is 11.8 Å². The van der Waals surface area contributed by atoms with Gasteiger partial charge in [-0.15, -0.1) is 0 Å². The predicted octanol–water partition coefficient (Wildman–Crippen LogP) is 15.6. The van der Waals surface area contributed by atoms with Crippen molar-refractivity contribution in [3.63, 3.8) is 0 Å². The molecule has 0 saturated carbocycles. The average Bonchev–Trinajstić information content (AvgIpc) is 3.25. The molecule has 0 aliphatic carbocycles. The van der Waals surface area contributed by atoms with Crippen LogP contribution in [0, 0.1) is 11.8 Å². The molecule has 1 atom stereocenters. The van der Waals surface area contributed by atoms with Crippen LogP contribution in [0.2, 0.25) is 0 Å². The van der Waals surface area contributed by atoms with E-state index >= 15 is 0 Å². The molecule has 0 aliphatic heterocycles. The quantitative estimate of drug-likeness (QED) is 0.0484. The molecule has 1 unspecified atom stereocenters. The van der Waals surface area contributed by atoms with Crippen LogP contribution in [0.15, 0.2) is 0 Å². The predicted molar refractivity (Wildman–Crippen MR) is 262 cm³/mol. The van der Waals surface area contributed by atoms with Gasteiger partial charge in [0.25, 0.3) is 0 Å². The van der Waals surface area contributed by atoms with E-state index in [4.69, 9.17) is 9.47 Å². The maximum Gasteiger partial charge on any atom is 0.306 e. The number of nitrogens with zero attached hydrogens (tertiary/aromatic N) is 1. The number of nitrogens with one attached hydrogen (secondary N) is 1. The number of hydrogen-bond acceptors (Lipinski definition) is 6. The van der Waals surface area contributed by atoms with Gasteiger partial charge in [0, 0.05) is 25.3 Å². The maximum atomic E-state index is 12.9. The fraction of sp³-hybridized carbons (Fsp3) is 0.944. The van der Waals surface area contributed by atoms with Gasteiger partial charge in [0.15, 0.2) is 0 Å². The number of unbranched alkanes of at least 4 members (excludes halogenated alkanes) is 20. The molecule has 0 radical (unpaired) electrons. The van der Waals surface area contributed by atoms with Crippen molar-refractivity contribution in [2.75, 3.05) is 32.8 Å². The Hall–Kier alpha value is -1.63. The first kappa shape index (κ1) is 59.4. The van der Waals surface area contributed by atoms with Crippen molar-refractivity contribution in [3.8, 4) is 0 Å². The van der Waals surface area contributed by atoms with Crippen LogP contribution >= 0.6 is 0 Å². The van der Waals surface area contributed by atoms with E-state index in [9.17, 15) is 14.4 Å². The fourth-order valence-corrected chi connectivity index (χ4v) is 8.78. The molecular weight excluding hydrogens is 757 g/mol. The van der Waals surface area contributed by atoms with Gasteiger partial charge in [-0.3, -0.25) is 14.4 Å². The lowest BCUT2D eigenvalue weighted by molar-refractivity contribution is -0.150. The molecule has 0 rings (SSSR count). The Balaban J connectivity index is 4.61. The lowest BCUT2D eigenvalue weighted by atomic mass is 9.93. The first-order valence-corrected chi connectivity index (χ1v) is 27.2. The molecule has 0 aromatic heterocycles. The topological polar surface area (TPSA) is 84.9 Å². The normalized spacial score (nSPS) is 12.1. The largest absolute Gasteiger partial charge is 0.466 e. The zero-order valence-corrected chi connectivity index (χ0v) is 41.9. The van der Waals surface area contributed by atoms with E-state index in [1.165, 1.54) is 141 Å². The van der Waals surface area contributed by atoms with Crippen LogP contribution < -0.4 is 5.32 Å². The van der Waals surface area contributed by atoms with E-state index < -0.39 is 0 Å². The first-order chi connectivity index (χ1) is 29.8. The molecule has 0 aromatic carbocycles. The number of hydrogen-bond donors (Lipinski definition) is 1. The molecule has 0 aliphatic rings. The second-order valence-electron chi connectivity index (χ2n) is 18.8. The smallest absolute Gasteiger partial charge is 0.306 e. The van der Waals surface area contributed by atoms with Gasteiger partial charge >= 0.3 is 11.9 Å². The molecule has 0 saturated heterocycles. The number of ether oxygens (including phenoxy) is 2. The highest BCUT2D eigenvalue weighted by Gasteiger charge is 2.16. The van der Waals surface area contributed by atoms with Crippen molar-refractivity contribution in [1.29, 1.82) is 0 Å². The molecule has 7 heteroatoms. The molecule has 0 bridgehead atoms. The minimum Gasteiger partial charge on any atom is -0.466 e. The van der Waals surface area contributed by atoms with E-state index in [-0.39, 0.29) is 29.9 Å². The van der Waals surface area contributed by atoms with Crippen LogP contribution in [0.5, 0.6) is 0 Å². The van der Waals surface area contributed by atoms with Crippen LogP contribution in [-0.4, -0.2) is 61.6 Å². The van der Waals surface area contributed by atoms with E-state index in [1.807, 2.05) is 0 Å². The van der Waals surface area contributed by atoms with Crippen LogP contribution in [-0.2, 0) is 23.9 Å². The summed E-state index contributed by atoms with van der Waals surface area (Å²) in [6.07, 6.45) is 42.1. The fourth-order valence-electron chi connectivity index (χ4n) is 8.78. The molecule has 362 valence electrons. The van der Waals surface area contributed by atoms with Gasteiger partial charge in [-0.1, -0.05) is 189 Å². The highest BCUT2D eigenvalue weighted by molar-refractivity contribution is 5.78. The van der Waals surface area contributed by atoms with Gasteiger partial charge < -0.3 is 19.7 Å². The molecule has 61 heavy (non-hydrogen) atoms. The van der Waals surface area contributed by atoms with E-state index in [2.05, 4.69) is 51.8 Å². The summed E-state index contributed by atoms with van der Waals surface area (Å²) in [5, 5.41) is 3.22. The van der Waals surface area contributed by atoms with Gasteiger partial charge in [-0.2, -0.15) is 0 Å². The van der Waals surface area contributed by atoms with Gasteiger partial charge in [0.1, 0.15) is 6.10 Å². The Bertz CT molecular complexity index is 936. The van der Waals surface area contributed by atoms with Crippen molar-refractivity contribution in [2.45, 2.75) is 285 Å². The van der Waals surface area contributed by atoms with E-state index in [0.29, 0.717) is 25.4 Å². The molecule has 0 spiro atoms. The van der Waals surface area contributed by atoms with E-state index in [1.54, 1.807) is 0 Å². The highest BCUT2D eigenvalue weighted by Crippen LogP contribution is 2.21. The van der Waals surface area contributed by atoms with Crippen LogP contribution in [0.25, 0.3) is 0 Å². The second kappa shape index (κ2) is 46.4. The lowest BCUT2D eigenvalue weighted by Gasteiger charge is -2.23. The van der Waals surface area contributed by atoms with Gasteiger partial charge in [-0.05, 0) is 103 Å². The maximum absolute atomic E-state index is 12.9. The summed E-state index contributed by atoms with van der Waals surface area (Å²) >= 11 is 0. The monoisotopic (exact) mass is 863 g/mol. The number of amides is 1. The minimum absolute atomic E-state index is 0.0177. The van der Waals surface area contributed by atoms with Crippen LogP contribution in [0.1, 0.15) is 279 Å². The van der Waals surface area contributed by atoms with Crippen molar-refractivity contribution in [3.05, 3.63) is 0 Å². The molecule has 0 aromatic rings. The SMILES string of the molecule is CCCCCCCCC(CCCCCCCC)OC(=O)CCCCCCCN(CCCCCCCC(=O)OCCC(CCCC)CCCC)CCCNC(=O)C(CC)CCC. The summed E-state index contributed by atoms with van der Waals surface area (Å²) in [5.41, 5.74) is 0. The van der Waals surface area contributed by atoms with Crippen molar-refractivity contribution in [1.82, 2.24) is 10.2 Å². The Kier molecular flexibility index (Phi) is 45.1. The second-order valence-corrected chi connectivity index (χ2v) is 18.8. The first-order valence-electron chi connectivity index (χ1n) is 27.2. The lowest BCUT2D eigenvalue weighted by Crippen LogP contribution is -2.34. The average molecular weight is 863 g/mol. The summed E-state index contributed by atoms with van der Waals surface area (Å²) in [6.45, 7) is 17.8. The Labute approximate surface area is 380 Å². The number of rotatable bonds is 48. The highest BCUT2D eigenvalue weighted by atomic mass is 16.5. The summed E-state index contributed by atoms with van der Waals surface area (Å²) < 4.78 is 11.7. The number of carbonyl (C=O) groups excluding carboxylic acids is 3.